The first-order chi connectivity index (χ1) is 23.9. The molecule has 0 aliphatic carbocycles. The third-order valence-corrected chi connectivity index (χ3v) is 7.04. The van der Waals surface area contributed by atoms with Gasteiger partial charge in [0.15, 0.2) is 0 Å². The Balaban J connectivity index is 0.000000667. The third kappa shape index (κ3) is 17.5. The molecule has 6 nitrogen and oxygen atoms in total. The number of nitrogens with zero attached hydrogens (tertiary/aromatic N) is 4. The fourth-order valence-corrected chi connectivity index (χ4v) is 4.31. The van der Waals surface area contributed by atoms with E-state index < -0.39 is 0 Å². The topological polar surface area (TPSA) is 114 Å². The zero-order chi connectivity index (χ0) is 34.7. The van der Waals surface area contributed by atoms with Crippen LogP contribution in [-0.2, 0) is 46.8 Å². The van der Waals surface area contributed by atoms with E-state index in [1.54, 1.807) is 18.6 Å². The molecule has 0 bridgehead atoms. The van der Waals surface area contributed by atoms with Gasteiger partial charge in [-0.15, -0.1) is 112 Å². The predicted molar refractivity (Wildman–Crippen MR) is 210 cm³/mol. The maximum Gasteiger partial charge on any atom is 0.0408 e. The molecule has 0 saturated carbocycles. The van der Waals surface area contributed by atoms with Gasteiger partial charge in [-0.1, -0.05) is 64.1 Å². The molecule has 3 heterocycles. The quantitative estimate of drug-likeness (QED) is 0.127. The number of hydrogen-bond donors (Lipinski definition) is 0. The monoisotopic (exact) mass is 1060 g/mol. The summed E-state index contributed by atoms with van der Waals surface area (Å²) in [4.78, 5) is 16.5. The largest absolute Gasteiger partial charge is 0.412 e. The second-order valence-corrected chi connectivity index (χ2v) is 11.3. The Labute approximate surface area is 341 Å². The molecule has 8 heteroatoms. The molecule has 4 N–H and O–H groups in total. The van der Waals surface area contributed by atoms with E-state index >= 15 is 0 Å². The standard InChI is InChI=1S/3C12H10N.C9H10N.2Ir.2H2O/c3*1-10-5-7-11(8-6-10)12-4-2-3-9-13-12;1-8-3-5-9(6-4-8)7-10-2;;;;/h3*2-7,9H,1H3;3-5H,2,7H2,1H3;;;2*1H2/q4*-1;;;;. The van der Waals surface area contributed by atoms with Crippen LogP contribution in [0.25, 0.3) is 33.8 Å². The maximum absolute atomic E-state index is 4.25. The van der Waals surface area contributed by atoms with Crippen LogP contribution in [0.4, 0.5) is 0 Å². The van der Waals surface area contributed by atoms with Crippen LogP contribution >= 0.6 is 0 Å². The molecule has 0 fully saturated rings. The summed E-state index contributed by atoms with van der Waals surface area (Å²) in [6.07, 6.45) is 5.38. The molecule has 278 valence electrons. The number of pyridine rings is 3. The summed E-state index contributed by atoms with van der Waals surface area (Å²) in [7, 11) is 0. The molecule has 0 unspecified atom stereocenters. The summed E-state index contributed by atoms with van der Waals surface area (Å²) in [5.41, 5.74) is 12.1. The molecule has 7 rings (SSSR count). The number of rotatable bonds is 5. The van der Waals surface area contributed by atoms with Crippen LogP contribution < -0.4 is 0 Å². The van der Waals surface area contributed by atoms with E-state index in [1.807, 2.05) is 110 Å². The molecule has 0 atom stereocenters. The van der Waals surface area contributed by atoms with Crippen LogP contribution in [0.1, 0.15) is 27.8 Å². The minimum Gasteiger partial charge on any atom is -0.412 e. The van der Waals surface area contributed by atoms with Gasteiger partial charge in [-0.25, -0.2) is 0 Å². The van der Waals surface area contributed by atoms with Crippen LogP contribution in [0.5, 0.6) is 0 Å². The summed E-state index contributed by atoms with van der Waals surface area (Å²) in [5.74, 6) is 0. The van der Waals surface area contributed by atoms with Crippen molar-refractivity contribution in [3.05, 3.63) is 198 Å². The molecule has 0 spiro atoms. The molecule has 7 aromatic rings. The molecular formula is C45H44Ir2N4O2-4. The zero-order valence-electron chi connectivity index (χ0n) is 30.2. The van der Waals surface area contributed by atoms with Crippen molar-refractivity contribution >= 4 is 6.72 Å². The van der Waals surface area contributed by atoms with E-state index in [1.165, 1.54) is 22.3 Å². The van der Waals surface area contributed by atoms with Gasteiger partial charge in [0.1, 0.15) is 0 Å². The van der Waals surface area contributed by atoms with Crippen molar-refractivity contribution < 1.29 is 51.2 Å². The summed E-state index contributed by atoms with van der Waals surface area (Å²) in [5, 5.41) is 0. The SMILES string of the molecule is C=NCc1[c-]cc(C)cc1.Cc1c[c-]c(-c2ccccn2)cc1.Cc1c[c-]c(-c2ccccn2)cc1.Cc1c[c-]c(-c2ccccn2)cc1.O.O.[Ir].[Ir]. The van der Waals surface area contributed by atoms with E-state index in [0.717, 1.165) is 39.3 Å². The Kier molecular flexibility index (Phi) is 24.5. The third-order valence-electron chi connectivity index (χ3n) is 7.04. The van der Waals surface area contributed by atoms with Crippen LogP contribution in [-0.4, -0.2) is 32.6 Å². The predicted octanol–water partition coefficient (Wildman–Crippen LogP) is 8.91. The van der Waals surface area contributed by atoms with Gasteiger partial charge in [0.25, 0.3) is 0 Å². The van der Waals surface area contributed by atoms with Crippen molar-refractivity contribution in [1.82, 2.24) is 15.0 Å². The first kappa shape index (κ1) is 48.2. The van der Waals surface area contributed by atoms with Crippen molar-refractivity contribution in [2.24, 2.45) is 4.99 Å². The summed E-state index contributed by atoms with van der Waals surface area (Å²) in [6.45, 7) is 12.3. The minimum absolute atomic E-state index is 0. The zero-order valence-corrected chi connectivity index (χ0v) is 35.0. The molecule has 0 amide bonds. The second kappa shape index (κ2) is 26.9. The van der Waals surface area contributed by atoms with Crippen molar-refractivity contribution in [2.45, 2.75) is 34.2 Å². The van der Waals surface area contributed by atoms with Gasteiger partial charge < -0.3 is 25.9 Å². The number of aliphatic imine (C=N–C) groups is 1. The van der Waals surface area contributed by atoms with Crippen molar-refractivity contribution in [3.8, 4) is 33.8 Å². The van der Waals surface area contributed by atoms with Gasteiger partial charge in [0, 0.05) is 65.3 Å². The fourth-order valence-electron chi connectivity index (χ4n) is 4.31. The van der Waals surface area contributed by atoms with Crippen molar-refractivity contribution in [3.63, 3.8) is 0 Å². The van der Waals surface area contributed by atoms with E-state index in [4.69, 9.17) is 0 Å². The van der Waals surface area contributed by atoms with Crippen LogP contribution in [0.15, 0.2) is 151 Å². The Morgan fingerprint density at radius 1 is 0.453 bits per heavy atom. The van der Waals surface area contributed by atoms with E-state index in [2.05, 4.69) is 96.0 Å². The molecule has 0 aliphatic rings. The number of aromatic nitrogens is 3. The van der Waals surface area contributed by atoms with Crippen molar-refractivity contribution in [1.29, 1.82) is 0 Å². The van der Waals surface area contributed by atoms with Gasteiger partial charge in [-0.2, -0.15) is 29.8 Å². The average molecular weight is 1060 g/mol. The Bertz CT molecular complexity index is 1750. The van der Waals surface area contributed by atoms with Gasteiger partial charge in [-0.05, 0) is 42.0 Å². The Hall–Kier alpha value is -4.78. The molecule has 53 heavy (non-hydrogen) atoms. The summed E-state index contributed by atoms with van der Waals surface area (Å²) >= 11 is 0. The van der Waals surface area contributed by atoms with Gasteiger partial charge in [0.05, 0.1) is 0 Å². The molecule has 0 aliphatic heterocycles. The molecular weight excluding hydrogens is 1010 g/mol. The minimum atomic E-state index is 0. The first-order valence-electron chi connectivity index (χ1n) is 16.0. The van der Waals surface area contributed by atoms with Crippen molar-refractivity contribution in [2.75, 3.05) is 0 Å². The summed E-state index contributed by atoms with van der Waals surface area (Å²) in [6, 6.07) is 54.6. The number of hydrogen-bond acceptors (Lipinski definition) is 4. The normalized spacial score (nSPS) is 9.06. The first-order valence-corrected chi connectivity index (χ1v) is 16.0. The molecule has 3 aromatic heterocycles. The van der Waals surface area contributed by atoms with E-state index in [0.29, 0.717) is 6.54 Å². The second-order valence-electron chi connectivity index (χ2n) is 11.3. The molecule has 4 aromatic carbocycles. The van der Waals surface area contributed by atoms with E-state index in [9.17, 15) is 0 Å². The number of aryl methyl sites for hydroxylation is 4. The van der Waals surface area contributed by atoms with Gasteiger partial charge in [0.2, 0.25) is 0 Å². The fraction of sp³-hybridized carbons (Fsp3) is 0.111. The Morgan fingerprint density at radius 3 is 1.00 bits per heavy atom. The summed E-state index contributed by atoms with van der Waals surface area (Å²) < 4.78 is 0. The van der Waals surface area contributed by atoms with Gasteiger partial charge in [-0.3, -0.25) is 4.99 Å². The maximum atomic E-state index is 4.25. The van der Waals surface area contributed by atoms with Crippen LogP contribution in [0.2, 0.25) is 0 Å². The molecule has 0 saturated heterocycles. The Morgan fingerprint density at radius 2 is 0.774 bits per heavy atom. The van der Waals surface area contributed by atoms with Gasteiger partial charge >= 0.3 is 0 Å². The van der Waals surface area contributed by atoms with Crippen LogP contribution in [0, 0.1) is 52.0 Å². The smallest absolute Gasteiger partial charge is 0.0408 e. The van der Waals surface area contributed by atoms with Crippen LogP contribution in [0.3, 0.4) is 0 Å². The average Bonchev–Trinajstić information content (AvgIpc) is 3.16. The molecule has 2 radical (unpaired) electrons. The number of benzene rings is 4. The van der Waals surface area contributed by atoms with E-state index in [-0.39, 0.29) is 51.2 Å².